The molecule has 0 bridgehead atoms. The molecule has 2 N–H and O–H groups in total. The van der Waals surface area contributed by atoms with Gasteiger partial charge >= 0.3 is 5.97 Å². The molecule has 3 aromatic rings. The Morgan fingerprint density at radius 3 is 2.57 bits per heavy atom. The van der Waals surface area contributed by atoms with Crippen LogP contribution in [0.3, 0.4) is 0 Å². The Morgan fingerprint density at radius 2 is 1.84 bits per heavy atom. The maximum Gasteiger partial charge on any atom is 0.309 e. The summed E-state index contributed by atoms with van der Waals surface area (Å²) in [6.07, 6.45) is 1.45. The highest BCUT2D eigenvalue weighted by molar-refractivity contribution is 6.05. The second-order valence-electron chi connectivity index (χ2n) is 9.77. The fraction of sp³-hybridized carbons (Fsp3) is 0.464. The van der Waals surface area contributed by atoms with E-state index in [1.54, 1.807) is 0 Å². The minimum Gasteiger partial charge on any atom is -0.466 e. The average molecular weight is 506 g/mol. The number of esters is 1. The fourth-order valence-electron chi connectivity index (χ4n) is 5.12. The number of aromatic nitrogens is 2. The van der Waals surface area contributed by atoms with E-state index in [9.17, 15) is 9.59 Å². The monoisotopic (exact) mass is 505 g/mol. The summed E-state index contributed by atoms with van der Waals surface area (Å²) in [5.41, 5.74) is 5.38. The second kappa shape index (κ2) is 10.8. The van der Waals surface area contributed by atoms with Crippen LogP contribution < -0.4 is 15.1 Å². The van der Waals surface area contributed by atoms with E-state index < -0.39 is 0 Å². The molecule has 0 atom stereocenters. The number of hydrogen-bond donors (Lipinski definition) is 2. The van der Waals surface area contributed by atoms with Crippen LogP contribution in [0.15, 0.2) is 30.3 Å². The van der Waals surface area contributed by atoms with Crippen LogP contribution in [0.1, 0.15) is 41.5 Å². The molecule has 5 rings (SSSR count). The summed E-state index contributed by atoms with van der Waals surface area (Å²) in [7, 11) is 0. The molecule has 0 radical (unpaired) electrons. The number of fused-ring (bicyclic) bond motifs is 1. The van der Waals surface area contributed by atoms with Crippen LogP contribution in [0, 0.1) is 19.8 Å². The number of rotatable bonds is 6. The van der Waals surface area contributed by atoms with Crippen LogP contribution >= 0.6 is 0 Å². The molecule has 1 aromatic carbocycles. The van der Waals surface area contributed by atoms with Gasteiger partial charge in [0.2, 0.25) is 0 Å². The minimum atomic E-state index is -0.248. The summed E-state index contributed by atoms with van der Waals surface area (Å²) in [5.74, 6) is 0.332. The molecule has 0 aliphatic carbocycles. The molecular weight excluding hydrogens is 470 g/mol. The Kier molecular flexibility index (Phi) is 7.32. The lowest BCUT2D eigenvalue weighted by atomic mass is 9.96. The van der Waals surface area contributed by atoms with Crippen molar-refractivity contribution in [3.05, 3.63) is 47.3 Å². The largest absolute Gasteiger partial charge is 0.466 e. The zero-order valence-corrected chi connectivity index (χ0v) is 21.8. The van der Waals surface area contributed by atoms with Gasteiger partial charge in [-0.05, 0) is 63.4 Å². The number of piperidine rings is 1. The van der Waals surface area contributed by atoms with Crippen LogP contribution in [0.5, 0.6) is 0 Å². The highest BCUT2D eigenvalue weighted by atomic mass is 16.5. The van der Waals surface area contributed by atoms with Gasteiger partial charge in [0.1, 0.15) is 11.5 Å². The van der Waals surface area contributed by atoms with Crippen molar-refractivity contribution in [1.29, 1.82) is 0 Å². The molecule has 196 valence electrons. The number of nitrogens with one attached hydrogen (secondary N) is 2. The molecule has 0 saturated carbocycles. The van der Waals surface area contributed by atoms with Crippen molar-refractivity contribution in [3.63, 3.8) is 0 Å². The van der Waals surface area contributed by atoms with E-state index in [-0.39, 0.29) is 17.8 Å². The van der Waals surface area contributed by atoms with Gasteiger partial charge in [0.05, 0.1) is 25.7 Å². The van der Waals surface area contributed by atoms with Crippen molar-refractivity contribution in [3.8, 4) is 0 Å². The van der Waals surface area contributed by atoms with Crippen molar-refractivity contribution in [2.24, 2.45) is 5.92 Å². The van der Waals surface area contributed by atoms with Gasteiger partial charge in [0.25, 0.3) is 5.91 Å². The smallest absolute Gasteiger partial charge is 0.309 e. The number of aromatic amines is 1. The predicted octanol–water partition coefficient (Wildman–Crippen LogP) is 4.05. The molecule has 1 amide bonds. The highest BCUT2D eigenvalue weighted by Gasteiger charge is 2.27. The van der Waals surface area contributed by atoms with Crippen molar-refractivity contribution < 1.29 is 19.1 Å². The van der Waals surface area contributed by atoms with Gasteiger partial charge in [-0.15, -0.1) is 0 Å². The molecule has 0 spiro atoms. The van der Waals surface area contributed by atoms with E-state index in [0.717, 1.165) is 72.8 Å². The Morgan fingerprint density at radius 1 is 1.08 bits per heavy atom. The summed E-state index contributed by atoms with van der Waals surface area (Å²) >= 11 is 0. The molecule has 2 fully saturated rings. The van der Waals surface area contributed by atoms with Crippen LogP contribution in [-0.2, 0) is 14.3 Å². The molecule has 2 aliphatic heterocycles. The van der Waals surface area contributed by atoms with Crippen molar-refractivity contribution in [2.75, 3.05) is 61.1 Å². The summed E-state index contributed by atoms with van der Waals surface area (Å²) in [5, 5.41) is 4.14. The Labute approximate surface area is 217 Å². The number of amides is 1. The molecule has 9 nitrogen and oxygen atoms in total. The fourth-order valence-corrected chi connectivity index (χ4v) is 5.12. The quantitative estimate of drug-likeness (QED) is 0.488. The second-order valence-corrected chi connectivity index (χ2v) is 9.77. The average Bonchev–Trinajstić information content (AvgIpc) is 3.21. The molecule has 4 heterocycles. The van der Waals surface area contributed by atoms with Gasteiger partial charge < -0.3 is 29.6 Å². The van der Waals surface area contributed by atoms with E-state index in [1.807, 2.05) is 44.2 Å². The van der Waals surface area contributed by atoms with Gasteiger partial charge in [-0.1, -0.05) is 0 Å². The first-order chi connectivity index (χ1) is 17.9. The zero-order valence-electron chi connectivity index (χ0n) is 21.8. The van der Waals surface area contributed by atoms with Crippen molar-refractivity contribution in [2.45, 2.75) is 33.6 Å². The number of ether oxygens (including phenoxy) is 2. The molecule has 9 heteroatoms. The summed E-state index contributed by atoms with van der Waals surface area (Å²) in [4.78, 5) is 38.1. The molecule has 0 unspecified atom stereocenters. The third-order valence-corrected chi connectivity index (χ3v) is 7.41. The first-order valence-electron chi connectivity index (χ1n) is 13.1. The Bertz CT molecular complexity index is 1290. The summed E-state index contributed by atoms with van der Waals surface area (Å²) in [6, 6.07) is 9.79. The maximum absolute atomic E-state index is 13.4. The van der Waals surface area contributed by atoms with Gasteiger partial charge in [0, 0.05) is 60.2 Å². The first-order valence-corrected chi connectivity index (χ1v) is 13.1. The van der Waals surface area contributed by atoms with E-state index in [2.05, 4.69) is 27.0 Å². The third-order valence-electron chi connectivity index (χ3n) is 7.41. The number of carbonyl (C=O) groups is 2. The van der Waals surface area contributed by atoms with E-state index in [4.69, 9.17) is 14.5 Å². The number of nitrogens with zero attached hydrogens (tertiary/aromatic N) is 3. The highest BCUT2D eigenvalue weighted by Crippen LogP contribution is 2.29. The number of aryl methyl sites for hydroxylation is 2. The number of benzene rings is 1. The predicted molar refractivity (Wildman–Crippen MR) is 145 cm³/mol. The van der Waals surface area contributed by atoms with Crippen LogP contribution in [0.2, 0.25) is 0 Å². The number of anilines is 3. The number of morpholine rings is 1. The van der Waals surface area contributed by atoms with Crippen LogP contribution in [0.4, 0.5) is 17.2 Å². The summed E-state index contributed by atoms with van der Waals surface area (Å²) in [6.45, 7) is 10.5. The van der Waals surface area contributed by atoms with Gasteiger partial charge in [-0.25, -0.2) is 4.98 Å². The van der Waals surface area contributed by atoms with Gasteiger partial charge in [-0.3, -0.25) is 9.59 Å². The lowest BCUT2D eigenvalue weighted by molar-refractivity contribution is -0.148. The lowest BCUT2D eigenvalue weighted by Gasteiger charge is -2.34. The number of hydrogen-bond acceptors (Lipinski definition) is 7. The standard InChI is InChI=1S/C28H35N5O4/c1-4-37-28(35)20-7-9-32(10-8-20)22-16-25(31-26(17-22)33-11-13-36-14-12-33)27(34)30-21-5-6-24-23(15-21)18(2)19(3)29-24/h5-6,15-17,20,29H,4,7-14H2,1-3H3,(H,30,34). The zero-order chi connectivity index (χ0) is 25.9. The van der Waals surface area contributed by atoms with Crippen molar-refractivity contribution >= 4 is 40.0 Å². The van der Waals surface area contributed by atoms with Gasteiger partial charge in [0.15, 0.2) is 0 Å². The Hall–Kier alpha value is -3.59. The minimum absolute atomic E-state index is 0.0741. The lowest BCUT2D eigenvalue weighted by Crippen LogP contribution is -2.39. The third kappa shape index (κ3) is 5.41. The molecule has 2 aliphatic rings. The topological polar surface area (TPSA) is 99.8 Å². The molecule has 2 saturated heterocycles. The summed E-state index contributed by atoms with van der Waals surface area (Å²) < 4.78 is 10.7. The van der Waals surface area contributed by atoms with Gasteiger partial charge in [-0.2, -0.15) is 0 Å². The maximum atomic E-state index is 13.4. The van der Waals surface area contributed by atoms with E-state index in [1.165, 1.54) is 5.56 Å². The number of carbonyl (C=O) groups excluding carboxylic acids is 2. The Balaban J connectivity index is 1.39. The molecule has 2 aromatic heterocycles. The van der Waals surface area contributed by atoms with Crippen LogP contribution in [-0.4, -0.2) is 67.8 Å². The van der Waals surface area contributed by atoms with Crippen LogP contribution in [0.25, 0.3) is 10.9 Å². The number of H-pyrrole nitrogens is 1. The SMILES string of the molecule is CCOC(=O)C1CCN(c2cc(C(=O)Nc3ccc4[nH]c(C)c(C)c4c3)nc(N3CCOCC3)c2)CC1. The molecule has 37 heavy (non-hydrogen) atoms. The van der Waals surface area contributed by atoms with Crippen molar-refractivity contribution in [1.82, 2.24) is 9.97 Å². The number of pyridine rings is 1. The van der Waals surface area contributed by atoms with E-state index in [0.29, 0.717) is 25.5 Å². The first kappa shape index (κ1) is 25.1. The van der Waals surface area contributed by atoms with E-state index >= 15 is 0 Å². The molecular formula is C28H35N5O4. The normalized spacial score (nSPS) is 16.7.